The summed E-state index contributed by atoms with van der Waals surface area (Å²) in [5.74, 6) is 0.860. The van der Waals surface area contributed by atoms with Gasteiger partial charge in [0.1, 0.15) is 5.75 Å². The van der Waals surface area contributed by atoms with Gasteiger partial charge in [0.25, 0.3) is 0 Å². The third kappa shape index (κ3) is 3.11. The first kappa shape index (κ1) is 14.4. The minimum Gasteiger partial charge on any atom is -0.497 e. The van der Waals surface area contributed by atoms with E-state index in [-0.39, 0.29) is 0 Å². The highest BCUT2D eigenvalue weighted by molar-refractivity contribution is 5.38. The van der Waals surface area contributed by atoms with Crippen molar-refractivity contribution in [3.8, 4) is 5.75 Å². The first-order chi connectivity index (χ1) is 8.86. The Morgan fingerprint density at radius 3 is 2.47 bits per heavy atom. The molecule has 2 rings (SSSR count). The maximum Gasteiger partial charge on any atom is 0.119 e. The summed E-state index contributed by atoms with van der Waals surface area (Å²) in [5.41, 5.74) is 1.89. The molecular weight excluding hydrogens is 236 g/mol. The van der Waals surface area contributed by atoms with Gasteiger partial charge in [-0.1, -0.05) is 19.9 Å². The predicted octanol–water partition coefficient (Wildman–Crippen LogP) is 4.18. The Balaban J connectivity index is 2.29. The van der Waals surface area contributed by atoms with Crippen molar-refractivity contribution in [2.75, 3.05) is 7.11 Å². The summed E-state index contributed by atoms with van der Waals surface area (Å²) in [6.07, 6.45) is 5.09. The molecule has 0 saturated heterocycles. The SMILES string of the molecule is COc1ccc(C2(O)CCCC(C)(C)CC2)c(C)c1. The molecule has 0 heterocycles. The summed E-state index contributed by atoms with van der Waals surface area (Å²) < 4.78 is 5.25. The van der Waals surface area contributed by atoms with E-state index in [0.29, 0.717) is 5.41 Å². The van der Waals surface area contributed by atoms with Crippen molar-refractivity contribution in [2.24, 2.45) is 5.41 Å². The van der Waals surface area contributed by atoms with Crippen molar-refractivity contribution in [2.45, 2.75) is 58.5 Å². The number of rotatable bonds is 2. The molecule has 1 atom stereocenters. The van der Waals surface area contributed by atoms with Crippen LogP contribution in [-0.4, -0.2) is 12.2 Å². The number of benzene rings is 1. The fourth-order valence-electron chi connectivity index (χ4n) is 3.21. The number of ether oxygens (including phenoxy) is 1. The zero-order chi connectivity index (χ0) is 14.1. The van der Waals surface area contributed by atoms with Crippen molar-refractivity contribution in [3.63, 3.8) is 0 Å². The normalized spacial score (nSPS) is 26.8. The lowest BCUT2D eigenvalue weighted by Gasteiger charge is -2.30. The lowest BCUT2D eigenvalue weighted by atomic mass is 9.81. The Labute approximate surface area is 116 Å². The van der Waals surface area contributed by atoms with Crippen molar-refractivity contribution >= 4 is 0 Å². The third-order valence-electron chi connectivity index (χ3n) is 4.59. The highest BCUT2D eigenvalue weighted by Crippen LogP contribution is 2.43. The second-order valence-corrected chi connectivity index (χ2v) is 6.73. The topological polar surface area (TPSA) is 29.5 Å². The van der Waals surface area contributed by atoms with Crippen molar-refractivity contribution in [1.29, 1.82) is 0 Å². The fraction of sp³-hybridized carbons (Fsp3) is 0.647. The molecule has 19 heavy (non-hydrogen) atoms. The molecule has 1 unspecified atom stereocenters. The van der Waals surface area contributed by atoms with Crippen LogP contribution >= 0.6 is 0 Å². The summed E-state index contributed by atoms with van der Waals surface area (Å²) in [5, 5.41) is 11.1. The number of hydrogen-bond acceptors (Lipinski definition) is 2. The van der Waals surface area contributed by atoms with E-state index in [1.165, 1.54) is 6.42 Å². The van der Waals surface area contributed by atoms with E-state index in [9.17, 15) is 5.11 Å². The average Bonchev–Trinajstić information content (AvgIpc) is 2.49. The molecule has 0 spiro atoms. The molecule has 1 aliphatic rings. The van der Waals surface area contributed by atoms with E-state index >= 15 is 0 Å². The van der Waals surface area contributed by atoms with Crippen LogP contribution in [0.25, 0.3) is 0 Å². The summed E-state index contributed by atoms with van der Waals surface area (Å²) in [7, 11) is 1.68. The number of hydrogen-bond donors (Lipinski definition) is 1. The Hall–Kier alpha value is -1.02. The monoisotopic (exact) mass is 262 g/mol. The molecule has 1 aliphatic carbocycles. The lowest BCUT2D eigenvalue weighted by Crippen LogP contribution is -2.26. The van der Waals surface area contributed by atoms with Crippen LogP contribution in [0.5, 0.6) is 5.75 Å². The Kier molecular flexibility index (Phi) is 3.91. The van der Waals surface area contributed by atoms with Gasteiger partial charge in [-0.15, -0.1) is 0 Å². The molecule has 0 aliphatic heterocycles. The molecule has 2 nitrogen and oxygen atoms in total. The summed E-state index contributed by atoms with van der Waals surface area (Å²) >= 11 is 0. The van der Waals surface area contributed by atoms with E-state index in [0.717, 1.165) is 42.6 Å². The summed E-state index contributed by atoms with van der Waals surface area (Å²) in [4.78, 5) is 0. The van der Waals surface area contributed by atoms with Gasteiger partial charge in [-0.05, 0) is 67.7 Å². The molecule has 1 aromatic carbocycles. The molecule has 1 fully saturated rings. The summed E-state index contributed by atoms with van der Waals surface area (Å²) in [6.45, 7) is 6.67. The average molecular weight is 262 g/mol. The maximum absolute atomic E-state index is 11.1. The molecule has 1 aromatic rings. The molecule has 2 heteroatoms. The van der Waals surface area contributed by atoms with E-state index in [1.54, 1.807) is 7.11 Å². The van der Waals surface area contributed by atoms with Gasteiger partial charge < -0.3 is 9.84 Å². The van der Waals surface area contributed by atoms with Crippen LogP contribution in [0.15, 0.2) is 18.2 Å². The second-order valence-electron chi connectivity index (χ2n) is 6.73. The molecule has 0 aromatic heterocycles. The Bertz CT molecular complexity index is 451. The zero-order valence-corrected chi connectivity index (χ0v) is 12.6. The van der Waals surface area contributed by atoms with Gasteiger partial charge in [0.05, 0.1) is 12.7 Å². The highest BCUT2D eigenvalue weighted by Gasteiger charge is 2.36. The Morgan fingerprint density at radius 1 is 1.11 bits per heavy atom. The van der Waals surface area contributed by atoms with Gasteiger partial charge in [-0.3, -0.25) is 0 Å². The zero-order valence-electron chi connectivity index (χ0n) is 12.6. The van der Waals surface area contributed by atoms with Gasteiger partial charge in [0.15, 0.2) is 0 Å². The van der Waals surface area contributed by atoms with Crippen molar-refractivity contribution < 1.29 is 9.84 Å². The van der Waals surface area contributed by atoms with Gasteiger partial charge in [-0.25, -0.2) is 0 Å². The van der Waals surface area contributed by atoms with Crippen LogP contribution in [-0.2, 0) is 5.60 Å². The van der Waals surface area contributed by atoms with Crippen LogP contribution in [0.4, 0.5) is 0 Å². The highest BCUT2D eigenvalue weighted by atomic mass is 16.5. The van der Waals surface area contributed by atoms with E-state index in [4.69, 9.17) is 4.74 Å². The first-order valence-corrected chi connectivity index (χ1v) is 7.24. The predicted molar refractivity (Wildman–Crippen MR) is 78.5 cm³/mol. The van der Waals surface area contributed by atoms with Gasteiger partial charge in [0, 0.05) is 0 Å². The molecule has 0 radical (unpaired) electrons. The molecule has 0 amide bonds. The molecule has 0 bridgehead atoms. The number of methoxy groups -OCH3 is 1. The quantitative estimate of drug-likeness (QED) is 0.810. The van der Waals surface area contributed by atoms with Crippen LogP contribution in [0, 0.1) is 12.3 Å². The van der Waals surface area contributed by atoms with E-state index < -0.39 is 5.60 Å². The van der Waals surface area contributed by atoms with E-state index in [1.807, 2.05) is 18.2 Å². The molecule has 106 valence electrons. The molecular formula is C17H26O2. The largest absolute Gasteiger partial charge is 0.497 e. The lowest BCUT2D eigenvalue weighted by molar-refractivity contribution is 0.0174. The van der Waals surface area contributed by atoms with Gasteiger partial charge >= 0.3 is 0 Å². The standard InChI is InChI=1S/C17H26O2/c1-13-12-14(19-4)6-7-15(13)17(18)9-5-8-16(2,3)10-11-17/h6-7,12,18H,5,8-11H2,1-4H3. The van der Waals surface area contributed by atoms with Crippen molar-refractivity contribution in [1.82, 2.24) is 0 Å². The number of aliphatic hydroxyl groups is 1. The summed E-state index contributed by atoms with van der Waals surface area (Å²) in [6, 6.07) is 6.01. The van der Waals surface area contributed by atoms with Crippen LogP contribution in [0.3, 0.4) is 0 Å². The minimum atomic E-state index is -0.663. The first-order valence-electron chi connectivity index (χ1n) is 7.24. The van der Waals surface area contributed by atoms with Crippen LogP contribution in [0.1, 0.15) is 57.1 Å². The molecule has 1 saturated carbocycles. The van der Waals surface area contributed by atoms with Crippen molar-refractivity contribution in [3.05, 3.63) is 29.3 Å². The number of aryl methyl sites for hydroxylation is 1. The van der Waals surface area contributed by atoms with Gasteiger partial charge in [-0.2, -0.15) is 0 Å². The van der Waals surface area contributed by atoms with E-state index in [2.05, 4.69) is 20.8 Å². The second kappa shape index (κ2) is 5.16. The maximum atomic E-state index is 11.1. The van der Waals surface area contributed by atoms with Crippen LogP contribution in [0.2, 0.25) is 0 Å². The minimum absolute atomic E-state index is 0.352. The third-order valence-corrected chi connectivity index (χ3v) is 4.59. The Morgan fingerprint density at radius 2 is 1.84 bits per heavy atom. The van der Waals surface area contributed by atoms with Crippen LogP contribution < -0.4 is 4.74 Å². The fourth-order valence-corrected chi connectivity index (χ4v) is 3.21. The van der Waals surface area contributed by atoms with Gasteiger partial charge in [0.2, 0.25) is 0 Å². The molecule has 1 N–H and O–H groups in total. The smallest absolute Gasteiger partial charge is 0.119 e.